The quantitative estimate of drug-likeness (QED) is 0.755. The van der Waals surface area contributed by atoms with Crippen LogP contribution in [0.4, 0.5) is 14.5 Å². The second kappa shape index (κ2) is 7.44. The van der Waals surface area contributed by atoms with E-state index in [4.69, 9.17) is 4.52 Å². The molecule has 1 aromatic heterocycles. The summed E-state index contributed by atoms with van der Waals surface area (Å²) < 4.78 is 31.5. The molecule has 2 aromatic carbocycles. The van der Waals surface area contributed by atoms with E-state index < -0.39 is 0 Å². The fraction of sp³-hybridized carbons (Fsp3) is 0.300. The third-order valence-corrected chi connectivity index (χ3v) is 4.93. The zero-order valence-electron chi connectivity index (χ0n) is 14.6. The maximum Gasteiger partial charge on any atom is 0.238 e. The summed E-state index contributed by atoms with van der Waals surface area (Å²) in [5.74, 6) is -0.569. The van der Waals surface area contributed by atoms with Gasteiger partial charge in [-0.2, -0.15) is 0 Å². The number of aromatic nitrogens is 1. The first-order chi connectivity index (χ1) is 13.1. The molecule has 7 heteroatoms. The number of rotatable bonds is 4. The highest BCUT2D eigenvalue weighted by atomic mass is 19.1. The minimum Gasteiger partial charge on any atom is -0.356 e. The SMILES string of the molecule is O=C(CN1CCC(c2noc3cc(F)ccc23)CC1)Nc1ccc(F)cc1. The molecule has 0 bridgehead atoms. The molecule has 0 radical (unpaired) electrons. The van der Waals surface area contributed by atoms with Gasteiger partial charge in [0.25, 0.3) is 0 Å². The molecule has 1 fully saturated rings. The number of amides is 1. The second-order valence-electron chi connectivity index (χ2n) is 6.81. The van der Waals surface area contributed by atoms with Crippen LogP contribution in [0, 0.1) is 11.6 Å². The number of hydrogen-bond acceptors (Lipinski definition) is 4. The van der Waals surface area contributed by atoms with Gasteiger partial charge in [-0.1, -0.05) is 5.16 Å². The molecule has 0 spiro atoms. The highest BCUT2D eigenvalue weighted by Gasteiger charge is 2.26. The van der Waals surface area contributed by atoms with Crippen LogP contribution in [-0.4, -0.2) is 35.6 Å². The minimum absolute atomic E-state index is 0.123. The lowest BCUT2D eigenvalue weighted by Gasteiger charge is -2.30. The van der Waals surface area contributed by atoms with Crippen molar-refractivity contribution in [3.63, 3.8) is 0 Å². The maximum absolute atomic E-state index is 13.3. The van der Waals surface area contributed by atoms with E-state index in [2.05, 4.69) is 15.4 Å². The van der Waals surface area contributed by atoms with E-state index >= 15 is 0 Å². The number of piperidine rings is 1. The number of anilines is 1. The van der Waals surface area contributed by atoms with Crippen molar-refractivity contribution in [3.05, 3.63) is 59.8 Å². The standard InChI is InChI=1S/C20H19F2N3O2/c21-14-1-4-16(5-2-14)23-19(26)12-25-9-7-13(8-10-25)20-17-6-3-15(22)11-18(17)27-24-20/h1-6,11,13H,7-10,12H2,(H,23,26). The van der Waals surface area contributed by atoms with Crippen LogP contribution in [0.25, 0.3) is 11.0 Å². The predicted molar refractivity (Wildman–Crippen MR) is 97.4 cm³/mol. The third-order valence-electron chi connectivity index (χ3n) is 4.93. The molecule has 1 aliphatic heterocycles. The van der Waals surface area contributed by atoms with Crippen LogP contribution >= 0.6 is 0 Å². The Labute approximate surface area is 154 Å². The average molecular weight is 371 g/mol. The number of halogens is 2. The molecule has 0 atom stereocenters. The Balaban J connectivity index is 1.33. The summed E-state index contributed by atoms with van der Waals surface area (Å²) in [6.45, 7) is 1.81. The van der Waals surface area contributed by atoms with Crippen LogP contribution < -0.4 is 5.32 Å². The largest absolute Gasteiger partial charge is 0.356 e. The van der Waals surface area contributed by atoms with Gasteiger partial charge in [0.05, 0.1) is 12.2 Å². The Morgan fingerprint density at radius 3 is 2.56 bits per heavy atom. The topological polar surface area (TPSA) is 58.4 Å². The van der Waals surface area contributed by atoms with E-state index in [-0.39, 0.29) is 30.0 Å². The number of carbonyl (C=O) groups is 1. The highest BCUT2D eigenvalue weighted by Crippen LogP contribution is 2.32. The molecule has 3 aromatic rings. The van der Waals surface area contributed by atoms with Crippen molar-refractivity contribution >= 4 is 22.6 Å². The number of carbonyl (C=O) groups excluding carboxylic acids is 1. The number of likely N-dealkylation sites (tertiary alicyclic amines) is 1. The zero-order valence-corrected chi connectivity index (χ0v) is 14.6. The Morgan fingerprint density at radius 1 is 1.11 bits per heavy atom. The van der Waals surface area contributed by atoms with Gasteiger partial charge in [0.15, 0.2) is 5.58 Å². The van der Waals surface area contributed by atoms with E-state index in [1.807, 2.05) is 0 Å². The highest BCUT2D eigenvalue weighted by molar-refractivity contribution is 5.92. The van der Waals surface area contributed by atoms with E-state index in [0.29, 0.717) is 11.3 Å². The van der Waals surface area contributed by atoms with Gasteiger partial charge in [-0.3, -0.25) is 9.69 Å². The number of nitrogens with zero attached hydrogens (tertiary/aromatic N) is 2. The molecule has 0 aliphatic carbocycles. The minimum atomic E-state index is -0.341. The molecular weight excluding hydrogens is 352 g/mol. The number of hydrogen-bond donors (Lipinski definition) is 1. The fourth-order valence-electron chi connectivity index (χ4n) is 3.53. The summed E-state index contributed by atoms with van der Waals surface area (Å²) in [7, 11) is 0. The third kappa shape index (κ3) is 3.98. The van der Waals surface area contributed by atoms with Crippen LogP contribution in [0.15, 0.2) is 47.0 Å². The van der Waals surface area contributed by atoms with E-state index in [1.54, 1.807) is 6.07 Å². The summed E-state index contributed by atoms with van der Waals surface area (Å²) in [5.41, 5.74) is 1.91. The van der Waals surface area contributed by atoms with Crippen LogP contribution in [-0.2, 0) is 4.79 Å². The number of benzene rings is 2. The van der Waals surface area contributed by atoms with Gasteiger partial charge in [0.2, 0.25) is 5.91 Å². The second-order valence-corrected chi connectivity index (χ2v) is 6.81. The number of fused-ring (bicyclic) bond motifs is 1. The first kappa shape index (κ1) is 17.6. The van der Waals surface area contributed by atoms with Gasteiger partial charge in [-0.05, 0) is 62.3 Å². The van der Waals surface area contributed by atoms with Crippen LogP contribution in [0.5, 0.6) is 0 Å². The smallest absolute Gasteiger partial charge is 0.238 e. The fourth-order valence-corrected chi connectivity index (χ4v) is 3.53. The summed E-state index contributed by atoms with van der Waals surface area (Å²) in [6.07, 6.45) is 1.70. The lowest BCUT2D eigenvalue weighted by atomic mass is 9.91. The summed E-state index contributed by atoms with van der Waals surface area (Å²) in [5, 5.41) is 7.76. The molecule has 1 saturated heterocycles. The molecule has 5 nitrogen and oxygen atoms in total. The van der Waals surface area contributed by atoms with Crippen molar-refractivity contribution in [1.29, 1.82) is 0 Å². The van der Waals surface area contributed by atoms with Crippen molar-refractivity contribution in [2.24, 2.45) is 0 Å². The van der Waals surface area contributed by atoms with Crippen molar-refractivity contribution in [1.82, 2.24) is 10.1 Å². The average Bonchev–Trinajstić information content (AvgIpc) is 3.07. The van der Waals surface area contributed by atoms with Crippen molar-refractivity contribution < 1.29 is 18.1 Å². The van der Waals surface area contributed by atoms with Crippen molar-refractivity contribution in [3.8, 4) is 0 Å². The van der Waals surface area contributed by atoms with Gasteiger partial charge in [0, 0.05) is 23.1 Å². The van der Waals surface area contributed by atoms with E-state index in [9.17, 15) is 13.6 Å². The normalized spacial score (nSPS) is 15.9. The Kier molecular flexibility index (Phi) is 4.85. The predicted octanol–water partition coefficient (Wildman–Crippen LogP) is 3.92. The number of nitrogens with one attached hydrogen (secondary N) is 1. The van der Waals surface area contributed by atoms with Crippen molar-refractivity contribution in [2.45, 2.75) is 18.8 Å². The molecule has 27 heavy (non-hydrogen) atoms. The van der Waals surface area contributed by atoms with Gasteiger partial charge in [0.1, 0.15) is 11.6 Å². The molecule has 0 unspecified atom stereocenters. The molecule has 0 saturated carbocycles. The molecule has 140 valence electrons. The first-order valence-corrected chi connectivity index (χ1v) is 8.91. The van der Waals surface area contributed by atoms with Crippen LogP contribution in [0.3, 0.4) is 0 Å². The monoisotopic (exact) mass is 371 g/mol. The van der Waals surface area contributed by atoms with Crippen LogP contribution in [0.1, 0.15) is 24.5 Å². The molecule has 4 rings (SSSR count). The first-order valence-electron chi connectivity index (χ1n) is 8.91. The van der Waals surface area contributed by atoms with Crippen LogP contribution in [0.2, 0.25) is 0 Å². The Hall–Kier alpha value is -2.80. The Morgan fingerprint density at radius 2 is 1.81 bits per heavy atom. The van der Waals surface area contributed by atoms with Crippen molar-refractivity contribution in [2.75, 3.05) is 25.0 Å². The maximum atomic E-state index is 13.3. The summed E-state index contributed by atoms with van der Waals surface area (Å²) in [6, 6.07) is 10.2. The lowest BCUT2D eigenvalue weighted by molar-refractivity contribution is -0.117. The molecular formula is C20H19F2N3O2. The van der Waals surface area contributed by atoms with Gasteiger partial charge in [-0.25, -0.2) is 8.78 Å². The van der Waals surface area contributed by atoms with E-state index in [1.165, 1.54) is 36.4 Å². The van der Waals surface area contributed by atoms with Gasteiger partial charge in [-0.15, -0.1) is 0 Å². The van der Waals surface area contributed by atoms with E-state index in [0.717, 1.165) is 37.0 Å². The zero-order chi connectivity index (χ0) is 18.8. The van der Waals surface area contributed by atoms with Gasteiger partial charge < -0.3 is 9.84 Å². The Bertz CT molecular complexity index is 948. The molecule has 2 heterocycles. The lowest BCUT2D eigenvalue weighted by Crippen LogP contribution is -2.38. The molecule has 1 amide bonds. The summed E-state index contributed by atoms with van der Waals surface area (Å²) in [4.78, 5) is 14.3. The molecule has 1 N–H and O–H groups in total. The molecule has 1 aliphatic rings. The van der Waals surface area contributed by atoms with Gasteiger partial charge >= 0.3 is 0 Å². The summed E-state index contributed by atoms with van der Waals surface area (Å²) >= 11 is 0.